The molecule has 94 valence electrons. The van der Waals surface area contributed by atoms with Crippen molar-refractivity contribution in [1.82, 2.24) is 9.97 Å². The normalized spacial score (nSPS) is 10.3. The highest BCUT2D eigenvalue weighted by atomic mass is 32.1. The van der Waals surface area contributed by atoms with E-state index in [1.165, 1.54) is 12.3 Å². The highest BCUT2D eigenvalue weighted by Gasteiger charge is 2.08. The van der Waals surface area contributed by atoms with Gasteiger partial charge in [-0.25, -0.2) is 9.97 Å². The first kappa shape index (κ1) is 12.4. The summed E-state index contributed by atoms with van der Waals surface area (Å²) in [6, 6.07) is 3.11. The molecule has 0 unspecified atom stereocenters. The first-order valence-electron chi connectivity index (χ1n) is 5.37. The first-order chi connectivity index (χ1) is 8.66. The molecule has 0 aliphatic rings. The molecule has 0 saturated carbocycles. The molecule has 0 bridgehead atoms. The summed E-state index contributed by atoms with van der Waals surface area (Å²) in [7, 11) is 1.90. The fourth-order valence-corrected chi connectivity index (χ4v) is 2.08. The average Bonchev–Trinajstić information content (AvgIpc) is 2.89. The summed E-state index contributed by atoms with van der Waals surface area (Å²) < 4.78 is 0. The van der Waals surface area contributed by atoms with Crippen LogP contribution in [-0.4, -0.2) is 28.5 Å². The third-order valence-corrected chi connectivity index (χ3v) is 3.32. The highest BCUT2D eigenvalue weighted by Crippen LogP contribution is 2.15. The molecule has 2 aromatic rings. The van der Waals surface area contributed by atoms with Gasteiger partial charge in [-0.15, -0.1) is 11.3 Å². The maximum atomic E-state index is 10.5. The lowest BCUT2D eigenvalue weighted by molar-refractivity contribution is -0.385. The number of thiazole rings is 1. The molecule has 0 fully saturated rings. The molecule has 2 rings (SSSR count). The molecule has 18 heavy (non-hydrogen) atoms. The van der Waals surface area contributed by atoms with Gasteiger partial charge in [-0.05, 0) is 6.07 Å². The van der Waals surface area contributed by atoms with E-state index in [1.807, 2.05) is 17.3 Å². The molecular weight excluding hydrogens is 252 g/mol. The van der Waals surface area contributed by atoms with Crippen LogP contribution in [0.15, 0.2) is 29.9 Å². The van der Waals surface area contributed by atoms with Crippen LogP contribution in [0.5, 0.6) is 0 Å². The van der Waals surface area contributed by atoms with Gasteiger partial charge >= 0.3 is 0 Å². The van der Waals surface area contributed by atoms with Gasteiger partial charge in [-0.1, -0.05) is 0 Å². The predicted molar refractivity (Wildman–Crippen MR) is 70.0 cm³/mol. The van der Waals surface area contributed by atoms with Crippen molar-refractivity contribution in [2.24, 2.45) is 0 Å². The van der Waals surface area contributed by atoms with Gasteiger partial charge in [-0.3, -0.25) is 10.1 Å². The van der Waals surface area contributed by atoms with Gasteiger partial charge in [0.05, 0.1) is 9.93 Å². The number of anilines is 1. The number of hydrogen-bond acceptors (Lipinski definition) is 6. The van der Waals surface area contributed by atoms with Crippen molar-refractivity contribution in [2.75, 3.05) is 18.5 Å². The standard InChI is InChI=1S/C11H12N4O2S/c1-14(6-4-11-12-5-7-18-11)10-3-2-9(8-13-10)15(16)17/h2-3,5,7-8H,4,6H2,1H3. The third kappa shape index (κ3) is 3.01. The maximum Gasteiger partial charge on any atom is 0.287 e. The lowest BCUT2D eigenvalue weighted by Gasteiger charge is -2.16. The number of aromatic nitrogens is 2. The van der Waals surface area contributed by atoms with Gasteiger partial charge in [0.25, 0.3) is 5.69 Å². The second-order valence-corrected chi connectivity index (χ2v) is 4.71. The number of nitrogens with zero attached hydrogens (tertiary/aromatic N) is 4. The summed E-state index contributed by atoms with van der Waals surface area (Å²) >= 11 is 1.62. The van der Waals surface area contributed by atoms with Gasteiger partial charge in [0.1, 0.15) is 12.0 Å². The Labute approximate surface area is 108 Å². The molecule has 0 aliphatic heterocycles. The molecular formula is C11H12N4O2S. The van der Waals surface area contributed by atoms with Crippen molar-refractivity contribution in [3.63, 3.8) is 0 Å². The molecule has 6 nitrogen and oxygen atoms in total. The summed E-state index contributed by atoms with van der Waals surface area (Å²) in [6.07, 6.45) is 3.90. The van der Waals surface area contributed by atoms with E-state index in [4.69, 9.17) is 0 Å². The minimum Gasteiger partial charge on any atom is -0.359 e. The zero-order valence-electron chi connectivity index (χ0n) is 9.81. The number of hydrogen-bond donors (Lipinski definition) is 0. The summed E-state index contributed by atoms with van der Waals surface area (Å²) in [5, 5.41) is 13.5. The fourth-order valence-electron chi connectivity index (χ4n) is 1.47. The van der Waals surface area contributed by atoms with E-state index in [0.29, 0.717) is 0 Å². The minimum absolute atomic E-state index is 0.00655. The van der Waals surface area contributed by atoms with Crippen LogP contribution in [0.3, 0.4) is 0 Å². The fraction of sp³-hybridized carbons (Fsp3) is 0.273. The Morgan fingerprint density at radius 3 is 2.83 bits per heavy atom. The smallest absolute Gasteiger partial charge is 0.287 e. The van der Waals surface area contributed by atoms with Crippen LogP contribution in [0.2, 0.25) is 0 Å². The number of nitro groups is 1. The van der Waals surface area contributed by atoms with E-state index < -0.39 is 4.92 Å². The molecule has 0 radical (unpaired) electrons. The maximum absolute atomic E-state index is 10.5. The zero-order chi connectivity index (χ0) is 13.0. The van der Waals surface area contributed by atoms with Crippen molar-refractivity contribution in [2.45, 2.75) is 6.42 Å². The number of rotatable bonds is 5. The van der Waals surface area contributed by atoms with E-state index in [2.05, 4.69) is 9.97 Å². The van der Waals surface area contributed by atoms with Gasteiger partial charge in [0, 0.05) is 37.7 Å². The summed E-state index contributed by atoms with van der Waals surface area (Å²) in [6.45, 7) is 0.776. The van der Waals surface area contributed by atoms with Crippen LogP contribution in [0.4, 0.5) is 11.5 Å². The topological polar surface area (TPSA) is 72.2 Å². The van der Waals surface area contributed by atoms with Gasteiger partial charge in [0.15, 0.2) is 0 Å². The number of likely N-dealkylation sites (N-methyl/N-ethyl adjacent to an activating group) is 1. The minimum atomic E-state index is -0.452. The summed E-state index contributed by atoms with van der Waals surface area (Å²) in [5.74, 6) is 0.720. The van der Waals surface area contributed by atoms with Crippen LogP contribution in [0.25, 0.3) is 0 Å². The summed E-state index contributed by atoms with van der Waals surface area (Å²) in [4.78, 5) is 20.3. The van der Waals surface area contributed by atoms with Gasteiger partial charge in [0.2, 0.25) is 0 Å². The van der Waals surface area contributed by atoms with E-state index in [9.17, 15) is 10.1 Å². The molecule has 0 aliphatic carbocycles. The van der Waals surface area contributed by atoms with Crippen molar-refractivity contribution in [3.05, 3.63) is 45.0 Å². The van der Waals surface area contributed by atoms with E-state index in [-0.39, 0.29) is 5.69 Å². The Morgan fingerprint density at radius 1 is 1.44 bits per heavy atom. The molecule has 0 amide bonds. The highest BCUT2D eigenvalue weighted by molar-refractivity contribution is 7.09. The summed E-state index contributed by atoms with van der Waals surface area (Å²) in [5.41, 5.74) is 0.00655. The zero-order valence-corrected chi connectivity index (χ0v) is 10.6. The van der Waals surface area contributed by atoms with E-state index in [0.717, 1.165) is 23.8 Å². The predicted octanol–water partition coefficient (Wildman–Crippen LogP) is 2.13. The second-order valence-electron chi connectivity index (χ2n) is 3.73. The Bertz CT molecular complexity index is 512. The first-order valence-corrected chi connectivity index (χ1v) is 6.25. The number of pyridine rings is 1. The van der Waals surface area contributed by atoms with Crippen LogP contribution < -0.4 is 4.90 Å². The third-order valence-electron chi connectivity index (χ3n) is 2.48. The second kappa shape index (κ2) is 5.54. The Kier molecular flexibility index (Phi) is 3.83. The quantitative estimate of drug-likeness (QED) is 0.611. The van der Waals surface area contributed by atoms with Crippen molar-refractivity contribution in [3.8, 4) is 0 Å². The van der Waals surface area contributed by atoms with Crippen LogP contribution >= 0.6 is 11.3 Å². The molecule has 2 aromatic heterocycles. The van der Waals surface area contributed by atoms with Crippen LogP contribution in [0, 0.1) is 10.1 Å². The Hall–Kier alpha value is -2.02. The Balaban J connectivity index is 1.96. The Morgan fingerprint density at radius 2 is 2.28 bits per heavy atom. The monoisotopic (exact) mass is 264 g/mol. The molecule has 7 heteroatoms. The molecule has 0 spiro atoms. The molecule has 0 atom stereocenters. The van der Waals surface area contributed by atoms with E-state index >= 15 is 0 Å². The molecule has 2 heterocycles. The van der Waals surface area contributed by atoms with Crippen LogP contribution in [0.1, 0.15) is 5.01 Å². The van der Waals surface area contributed by atoms with Crippen molar-refractivity contribution < 1.29 is 4.92 Å². The molecule has 0 saturated heterocycles. The lowest BCUT2D eigenvalue weighted by Crippen LogP contribution is -2.21. The van der Waals surface area contributed by atoms with Crippen molar-refractivity contribution in [1.29, 1.82) is 0 Å². The van der Waals surface area contributed by atoms with Crippen LogP contribution in [-0.2, 0) is 6.42 Å². The van der Waals surface area contributed by atoms with E-state index in [1.54, 1.807) is 23.6 Å². The van der Waals surface area contributed by atoms with Crippen molar-refractivity contribution >= 4 is 22.8 Å². The largest absolute Gasteiger partial charge is 0.359 e. The molecule has 0 N–H and O–H groups in total. The molecule has 0 aromatic carbocycles. The lowest BCUT2D eigenvalue weighted by atomic mass is 10.3. The van der Waals surface area contributed by atoms with Gasteiger partial charge in [-0.2, -0.15) is 0 Å². The average molecular weight is 264 g/mol. The SMILES string of the molecule is CN(CCc1nccs1)c1ccc([N+](=O)[O-])cn1. The van der Waals surface area contributed by atoms with Gasteiger partial charge < -0.3 is 4.90 Å².